The average molecular weight is 259 g/mol. The van der Waals surface area contributed by atoms with Crippen LogP contribution >= 0.6 is 0 Å². The van der Waals surface area contributed by atoms with E-state index in [0.717, 1.165) is 12.0 Å². The van der Waals surface area contributed by atoms with Gasteiger partial charge in [-0.05, 0) is 30.7 Å². The van der Waals surface area contributed by atoms with Crippen LogP contribution in [-0.4, -0.2) is 46.2 Å². The lowest BCUT2D eigenvalue weighted by Gasteiger charge is -2.08. The average Bonchev–Trinajstić information content (AvgIpc) is 2.88. The molecule has 1 amide bonds. The molecular weight excluding hydrogens is 242 g/mol. The van der Waals surface area contributed by atoms with E-state index in [1.807, 2.05) is 12.1 Å². The van der Waals surface area contributed by atoms with Gasteiger partial charge in [0, 0.05) is 26.5 Å². The Bertz CT molecular complexity index is 576. The Kier molecular flexibility index (Phi) is 3.91. The van der Waals surface area contributed by atoms with Crippen molar-refractivity contribution in [2.45, 2.75) is 6.42 Å². The molecule has 6 heteroatoms. The van der Waals surface area contributed by atoms with E-state index in [0.29, 0.717) is 18.1 Å². The smallest absolute Gasteiger partial charge is 0.273 e. The highest BCUT2D eigenvalue weighted by molar-refractivity contribution is 5.91. The van der Waals surface area contributed by atoms with Crippen LogP contribution in [0.2, 0.25) is 0 Å². The number of nitrogens with two attached hydrogens (primary N) is 1. The zero-order chi connectivity index (χ0) is 13.8. The van der Waals surface area contributed by atoms with Gasteiger partial charge >= 0.3 is 0 Å². The molecule has 2 aromatic rings. The van der Waals surface area contributed by atoms with Gasteiger partial charge in [-0.3, -0.25) is 4.79 Å². The first-order valence-corrected chi connectivity index (χ1v) is 6.05. The monoisotopic (exact) mass is 259 g/mol. The summed E-state index contributed by atoms with van der Waals surface area (Å²) in [6, 6.07) is 5.51. The molecule has 0 aliphatic rings. The highest BCUT2D eigenvalue weighted by Crippen LogP contribution is 2.12. The van der Waals surface area contributed by atoms with Gasteiger partial charge in [-0.15, -0.1) is 0 Å². The Morgan fingerprint density at radius 1 is 1.42 bits per heavy atom. The Labute approximate surface area is 111 Å². The van der Waals surface area contributed by atoms with Crippen molar-refractivity contribution in [1.82, 2.24) is 19.7 Å². The molecule has 6 nitrogen and oxygen atoms in total. The molecule has 2 aromatic heterocycles. The van der Waals surface area contributed by atoms with Crippen LogP contribution in [0.25, 0.3) is 5.82 Å². The van der Waals surface area contributed by atoms with Crippen LogP contribution in [0, 0.1) is 0 Å². The normalized spacial score (nSPS) is 10.5. The van der Waals surface area contributed by atoms with Gasteiger partial charge < -0.3 is 10.6 Å². The molecule has 0 aromatic carbocycles. The Morgan fingerprint density at radius 2 is 2.21 bits per heavy atom. The van der Waals surface area contributed by atoms with Crippen LogP contribution in [0.15, 0.2) is 30.6 Å². The van der Waals surface area contributed by atoms with Crippen molar-refractivity contribution in [3.05, 3.63) is 41.9 Å². The molecular formula is C13H17N5O. The molecule has 0 aliphatic carbocycles. The van der Waals surface area contributed by atoms with Crippen LogP contribution in [0.4, 0.5) is 0 Å². The summed E-state index contributed by atoms with van der Waals surface area (Å²) in [6.07, 6.45) is 4.16. The first-order chi connectivity index (χ1) is 9.13. The summed E-state index contributed by atoms with van der Waals surface area (Å²) in [5.41, 5.74) is 6.99. The Hall–Kier alpha value is -2.21. The zero-order valence-corrected chi connectivity index (χ0v) is 11.1. The van der Waals surface area contributed by atoms with E-state index in [4.69, 9.17) is 5.73 Å². The lowest BCUT2D eigenvalue weighted by Crippen LogP contribution is -2.22. The summed E-state index contributed by atoms with van der Waals surface area (Å²) in [5, 5.41) is 4.27. The Morgan fingerprint density at radius 3 is 2.89 bits per heavy atom. The van der Waals surface area contributed by atoms with Gasteiger partial charge in [-0.2, -0.15) is 5.10 Å². The number of pyridine rings is 1. The fourth-order valence-corrected chi connectivity index (χ4v) is 1.77. The van der Waals surface area contributed by atoms with Crippen molar-refractivity contribution < 1.29 is 4.79 Å². The molecule has 2 N–H and O–H groups in total. The number of hydrogen-bond acceptors (Lipinski definition) is 4. The second-order valence-corrected chi connectivity index (χ2v) is 4.37. The van der Waals surface area contributed by atoms with E-state index >= 15 is 0 Å². The molecule has 19 heavy (non-hydrogen) atoms. The maximum Gasteiger partial charge on any atom is 0.273 e. The van der Waals surface area contributed by atoms with Crippen molar-refractivity contribution in [3.8, 4) is 5.82 Å². The highest BCUT2D eigenvalue weighted by atomic mass is 16.2. The van der Waals surface area contributed by atoms with Gasteiger partial charge in [-0.25, -0.2) is 9.67 Å². The van der Waals surface area contributed by atoms with Crippen LogP contribution in [0.1, 0.15) is 16.1 Å². The van der Waals surface area contributed by atoms with Crippen molar-refractivity contribution in [3.63, 3.8) is 0 Å². The van der Waals surface area contributed by atoms with Crippen LogP contribution < -0.4 is 5.73 Å². The molecule has 0 fully saturated rings. The van der Waals surface area contributed by atoms with E-state index in [1.54, 1.807) is 37.2 Å². The fourth-order valence-electron chi connectivity index (χ4n) is 1.77. The SMILES string of the molecule is CN(C)C(=O)c1ccn(-c2ncccc2CCN)n1. The maximum atomic E-state index is 11.8. The molecule has 2 rings (SSSR count). The minimum atomic E-state index is -0.130. The summed E-state index contributed by atoms with van der Waals surface area (Å²) in [7, 11) is 3.39. The molecule has 0 saturated carbocycles. The summed E-state index contributed by atoms with van der Waals surface area (Å²) < 4.78 is 1.61. The molecule has 0 aliphatic heterocycles. The summed E-state index contributed by atoms with van der Waals surface area (Å²) in [5.74, 6) is 0.584. The fraction of sp³-hybridized carbons (Fsp3) is 0.308. The third-order valence-corrected chi connectivity index (χ3v) is 2.71. The molecule has 0 unspecified atom stereocenters. The number of carbonyl (C=O) groups is 1. The van der Waals surface area contributed by atoms with E-state index in [1.165, 1.54) is 4.90 Å². The number of carbonyl (C=O) groups excluding carboxylic acids is 1. The van der Waals surface area contributed by atoms with Gasteiger partial charge in [0.2, 0.25) is 0 Å². The van der Waals surface area contributed by atoms with Crippen molar-refractivity contribution >= 4 is 5.91 Å². The standard InChI is InChI=1S/C13H17N5O/c1-17(2)13(19)11-6-9-18(16-11)12-10(5-7-14)4-3-8-15-12/h3-4,6,8-9H,5,7,14H2,1-2H3. The van der Waals surface area contributed by atoms with E-state index in [2.05, 4.69) is 10.1 Å². The second kappa shape index (κ2) is 5.62. The van der Waals surface area contributed by atoms with E-state index in [9.17, 15) is 4.79 Å². The molecule has 0 saturated heterocycles. The van der Waals surface area contributed by atoms with Crippen LogP contribution in [0.3, 0.4) is 0 Å². The third kappa shape index (κ3) is 2.79. The molecule has 0 spiro atoms. The van der Waals surface area contributed by atoms with Crippen molar-refractivity contribution in [1.29, 1.82) is 0 Å². The highest BCUT2D eigenvalue weighted by Gasteiger charge is 2.13. The first-order valence-electron chi connectivity index (χ1n) is 6.05. The summed E-state index contributed by atoms with van der Waals surface area (Å²) in [4.78, 5) is 17.6. The van der Waals surface area contributed by atoms with Gasteiger partial charge in [0.25, 0.3) is 5.91 Å². The van der Waals surface area contributed by atoms with Gasteiger partial charge in [0.1, 0.15) is 0 Å². The number of rotatable bonds is 4. The third-order valence-electron chi connectivity index (χ3n) is 2.71. The van der Waals surface area contributed by atoms with Crippen molar-refractivity contribution in [2.75, 3.05) is 20.6 Å². The van der Waals surface area contributed by atoms with Gasteiger partial charge in [0.05, 0.1) is 0 Å². The lowest BCUT2D eigenvalue weighted by molar-refractivity contribution is 0.0821. The zero-order valence-electron chi connectivity index (χ0n) is 11.1. The van der Waals surface area contributed by atoms with Gasteiger partial charge in [0.15, 0.2) is 11.5 Å². The first kappa shape index (κ1) is 13.2. The summed E-state index contributed by atoms with van der Waals surface area (Å²) >= 11 is 0. The predicted octanol–water partition coefficient (Wildman–Crippen LogP) is 0.470. The molecule has 2 heterocycles. The minimum Gasteiger partial charge on any atom is -0.343 e. The number of hydrogen-bond donors (Lipinski definition) is 1. The maximum absolute atomic E-state index is 11.8. The van der Waals surface area contributed by atoms with Crippen LogP contribution in [0.5, 0.6) is 0 Å². The molecule has 0 bridgehead atoms. The largest absolute Gasteiger partial charge is 0.343 e. The summed E-state index contributed by atoms with van der Waals surface area (Å²) in [6.45, 7) is 0.545. The van der Waals surface area contributed by atoms with E-state index in [-0.39, 0.29) is 5.91 Å². The topological polar surface area (TPSA) is 77.0 Å². The minimum absolute atomic E-state index is 0.130. The van der Waals surface area contributed by atoms with Gasteiger partial charge in [-0.1, -0.05) is 6.07 Å². The number of nitrogens with zero attached hydrogens (tertiary/aromatic N) is 4. The number of amides is 1. The molecule has 100 valence electrons. The number of aromatic nitrogens is 3. The van der Waals surface area contributed by atoms with E-state index < -0.39 is 0 Å². The second-order valence-electron chi connectivity index (χ2n) is 4.37. The molecule has 0 radical (unpaired) electrons. The predicted molar refractivity (Wildman–Crippen MR) is 72.1 cm³/mol. The lowest BCUT2D eigenvalue weighted by atomic mass is 10.2. The quantitative estimate of drug-likeness (QED) is 0.866. The van der Waals surface area contributed by atoms with Crippen LogP contribution in [-0.2, 0) is 6.42 Å². The molecule has 0 atom stereocenters. The van der Waals surface area contributed by atoms with Crippen molar-refractivity contribution in [2.24, 2.45) is 5.73 Å². The Balaban J connectivity index is 2.35.